The topological polar surface area (TPSA) is 17.1 Å². The molecular formula is C25H23OP. The highest BCUT2D eigenvalue weighted by molar-refractivity contribution is 7.85. The van der Waals surface area contributed by atoms with Gasteiger partial charge in [-0.05, 0) is 6.92 Å². The predicted molar refractivity (Wildman–Crippen MR) is 117 cm³/mol. The van der Waals surface area contributed by atoms with Crippen LogP contribution < -0.4 is 15.9 Å². The van der Waals surface area contributed by atoms with E-state index in [9.17, 15) is 4.57 Å². The Hall–Kier alpha value is -2.89. The molecule has 0 atom stereocenters. The summed E-state index contributed by atoms with van der Waals surface area (Å²) >= 11 is 0. The molecule has 0 bridgehead atoms. The molecule has 0 radical (unpaired) electrons. The Kier molecular flexibility index (Phi) is 6.41. The standard InChI is InChI=1S/C18H15OP.C7H8/c19-20(16-10-4-1-5-11-16,17-12-6-2-7-13-17)18-14-8-3-9-15-18;1-7-5-3-2-4-6-7/h1-15H;2-6H,1H3. The van der Waals surface area contributed by atoms with Gasteiger partial charge in [-0.15, -0.1) is 0 Å². The Morgan fingerprint density at radius 2 is 0.704 bits per heavy atom. The number of hydrogen-bond acceptors (Lipinski definition) is 1. The highest BCUT2D eigenvalue weighted by Gasteiger charge is 2.28. The maximum atomic E-state index is 13.8. The van der Waals surface area contributed by atoms with Gasteiger partial charge in [0.05, 0.1) is 0 Å². The molecular weight excluding hydrogens is 347 g/mol. The molecule has 1 nitrogen and oxygen atoms in total. The molecule has 0 unspecified atom stereocenters. The van der Waals surface area contributed by atoms with Crippen LogP contribution in [0.3, 0.4) is 0 Å². The first kappa shape index (κ1) is 18.9. The lowest BCUT2D eigenvalue weighted by Gasteiger charge is -2.19. The summed E-state index contributed by atoms with van der Waals surface area (Å²) in [7, 11) is -2.78. The second kappa shape index (κ2) is 9.16. The van der Waals surface area contributed by atoms with Crippen molar-refractivity contribution in [2.75, 3.05) is 0 Å². The summed E-state index contributed by atoms with van der Waals surface area (Å²) in [6.45, 7) is 2.08. The van der Waals surface area contributed by atoms with Gasteiger partial charge < -0.3 is 4.57 Å². The van der Waals surface area contributed by atoms with Crippen LogP contribution in [0.25, 0.3) is 0 Å². The molecule has 0 aromatic heterocycles. The van der Waals surface area contributed by atoms with Gasteiger partial charge in [0.1, 0.15) is 0 Å². The van der Waals surface area contributed by atoms with Crippen molar-refractivity contribution in [2.24, 2.45) is 0 Å². The van der Waals surface area contributed by atoms with Gasteiger partial charge in [-0.1, -0.05) is 127 Å². The van der Waals surface area contributed by atoms with Gasteiger partial charge in [-0.25, -0.2) is 0 Å². The number of hydrogen-bond donors (Lipinski definition) is 0. The van der Waals surface area contributed by atoms with E-state index in [-0.39, 0.29) is 0 Å². The second-order valence-corrected chi connectivity index (χ2v) is 9.04. The summed E-state index contributed by atoms with van der Waals surface area (Å²) in [5.74, 6) is 0. The van der Waals surface area contributed by atoms with Gasteiger partial charge in [0.25, 0.3) is 0 Å². The number of benzene rings is 4. The van der Waals surface area contributed by atoms with Crippen LogP contribution in [0, 0.1) is 6.92 Å². The predicted octanol–water partition coefficient (Wildman–Crippen LogP) is 5.32. The molecule has 4 aromatic rings. The monoisotopic (exact) mass is 370 g/mol. The van der Waals surface area contributed by atoms with Crippen molar-refractivity contribution in [2.45, 2.75) is 6.92 Å². The molecule has 134 valence electrons. The third-order valence-corrected chi connectivity index (χ3v) is 7.38. The van der Waals surface area contributed by atoms with E-state index in [1.807, 2.05) is 109 Å². The highest BCUT2D eigenvalue weighted by Crippen LogP contribution is 2.41. The quantitative estimate of drug-likeness (QED) is 0.446. The van der Waals surface area contributed by atoms with Gasteiger partial charge in [0, 0.05) is 15.9 Å². The zero-order chi connectivity index (χ0) is 19.0. The first-order valence-electron chi connectivity index (χ1n) is 9.00. The zero-order valence-corrected chi connectivity index (χ0v) is 16.3. The van der Waals surface area contributed by atoms with Crippen molar-refractivity contribution in [1.29, 1.82) is 0 Å². The molecule has 27 heavy (non-hydrogen) atoms. The van der Waals surface area contributed by atoms with Gasteiger partial charge >= 0.3 is 0 Å². The van der Waals surface area contributed by atoms with Crippen LogP contribution in [0.5, 0.6) is 0 Å². The molecule has 0 spiro atoms. The van der Waals surface area contributed by atoms with Crippen molar-refractivity contribution in [3.8, 4) is 0 Å². The first-order chi connectivity index (χ1) is 13.2. The Morgan fingerprint density at radius 1 is 0.444 bits per heavy atom. The summed E-state index contributed by atoms with van der Waals surface area (Å²) in [5, 5.41) is 2.62. The lowest BCUT2D eigenvalue weighted by Crippen LogP contribution is -2.24. The Labute approximate surface area is 161 Å². The van der Waals surface area contributed by atoms with E-state index in [4.69, 9.17) is 0 Å². The van der Waals surface area contributed by atoms with E-state index in [2.05, 4.69) is 19.1 Å². The summed E-state index contributed by atoms with van der Waals surface area (Å²) < 4.78 is 13.8. The molecule has 4 rings (SSSR count). The Bertz CT molecular complexity index is 878. The smallest absolute Gasteiger partial charge is 0.171 e. The third kappa shape index (κ3) is 4.64. The number of rotatable bonds is 3. The molecule has 0 saturated carbocycles. The number of aryl methyl sites for hydroxylation is 1. The van der Waals surface area contributed by atoms with Crippen molar-refractivity contribution in [3.63, 3.8) is 0 Å². The molecule has 0 amide bonds. The van der Waals surface area contributed by atoms with Crippen LogP contribution in [-0.2, 0) is 4.57 Å². The molecule has 0 N–H and O–H groups in total. The van der Waals surface area contributed by atoms with E-state index in [1.165, 1.54) is 5.56 Å². The molecule has 0 aliphatic rings. The fourth-order valence-corrected chi connectivity index (χ4v) is 5.57. The van der Waals surface area contributed by atoms with Gasteiger partial charge in [-0.2, -0.15) is 0 Å². The van der Waals surface area contributed by atoms with Crippen LogP contribution in [-0.4, -0.2) is 0 Å². The fourth-order valence-electron chi connectivity index (χ4n) is 2.90. The molecule has 0 aliphatic heterocycles. The zero-order valence-electron chi connectivity index (χ0n) is 15.4. The molecule has 0 heterocycles. The van der Waals surface area contributed by atoms with Crippen molar-refractivity contribution in [3.05, 3.63) is 127 Å². The maximum Gasteiger partial charge on any atom is 0.171 e. The van der Waals surface area contributed by atoms with E-state index >= 15 is 0 Å². The van der Waals surface area contributed by atoms with Crippen LogP contribution in [0.4, 0.5) is 0 Å². The van der Waals surface area contributed by atoms with Gasteiger partial charge in [-0.3, -0.25) is 0 Å². The minimum Gasteiger partial charge on any atom is -0.309 e. The Balaban J connectivity index is 0.000000253. The van der Waals surface area contributed by atoms with E-state index in [0.717, 1.165) is 15.9 Å². The minimum atomic E-state index is -2.78. The highest BCUT2D eigenvalue weighted by atomic mass is 31.2. The average Bonchev–Trinajstić information content (AvgIpc) is 2.76. The lowest BCUT2D eigenvalue weighted by molar-refractivity contribution is 0.592. The van der Waals surface area contributed by atoms with E-state index in [1.54, 1.807) is 0 Å². The summed E-state index contributed by atoms with van der Waals surface area (Å²) in [6, 6.07) is 39.4. The second-order valence-electron chi connectivity index (χ2n) is 6.27. The molecule has 0 fully saturated rings. The van der Waals surface area contributed by atoms with Crippen LogP contribution in [0.1, 0.15) is 5.56 Å². The SMILES string of the molecule is Cc1ccccc1.O=P(c1ccccc1)(c1ccccc1)c1ccccc1. The molecule has 0 aliphatic carbocycles. The van der Waals surface area contributed by atoms with Gasteiger partial charge in [0.15, 0.2) is 7.14 Å². The third-order valence-electron chi connectivity index (χ3n) is 4.30. The summed E-state index contributed by atoms with van der Waals surface area (Å²) in [6.07, 6.45) is 0. The van der Waals surface area contributed by atoms with E-state index in [0.29, 0.717) is 0 Å². The maximum absolute atomic E-state index is 13.8. The van der Waals surface area contributed by atoms with Crippen molar-refractivity contribution in [1.82, 2.24) is 0 Å². The van der Waals surface area contributed by atoms with Gasteiger partial charge in [0.2, 0.25) is 0 Å². The normalized spacial score (nSPS) is 10.6. The summed E-state index contributed by atoms with van der Waals surface area (Å²) in [4.78, 5) is 0. The fraction of sp³-hybridized carbons (Fsp3) is 0.0400. The molecule has 4 aromatic carbocycles. The summed E-state index contributed by atoms with van der Waals surface area (Å²) in [5.41, 5.74) is 1.32. The average molecular weight is 370 g/mol. The largest absolute Gasteiger partial charge is 0.309 e. The molecule has 2 heteroatoms. The van der Waals surface area contributed by atoms with E-state index < -0.39 is 7.14 Å². The van der Waals surface area contributed by atoms with Crippen molar-refractivity contribution < 1.29 is 4.57 Å². The Morgan fingerprint density at radius 3 is 0.926 bits per heavy atom. The van der Waals surface area contributed by atoms with Crippen molar-refractivity contribution >= 4 is 23.1 Å². The van der Waals surface area contributed by atoms with Crippen LogP contribution in [0.2, 0.25) is 0 Å². The van der Waals surface area contributed by atoms with Crippen LogP contribution >= 0.6 is 7.14 Å². The first-order valence-corrected chi connectivity index (χ1v) is 10.7. The molecule has 0 saturated heterocycles. The van der Waals surface area contributed by atoms with Crippen LogP contribution in [0.15, 0.2) is 121 Å². The lowest BCUT2D eigenvalue weighted by atomic mass is 10.2. The minimum absolute atomic E-state index is 0.873.